The molecular formula is C11H12BrFN4. The van der Waals surface area contributed by atoms with Gasteiger partial charge in [-0.15, -0.1) is 10.2 Å². The van der Waals surface area contributed by atoms with Gasteiger partial charge in [-0.1, -0.05) is 0 Å². The molecular weight excluding hydrogens is 287 g/mol. The molecule has 0 bridgehead atoms. The molecule has 90 valence electrons. The molecule has 0 saturated heterocycles. The number of hydrogen-bond donors (Lipinski definition) is 1. The Morgan fingerprint density at radius 2 is 2.18 bits per heavy atom. The van der Waals surface area contributed by atoms with Crippen molar-refractivity contribution in [1.82, 2.24) is 14.8 Å². The second kappa shape index (κ2) is 4.93. The van der Waals surface area contributed by atoms with Gasteiger partial charge in [0, 0.05) is 12.1 Å². The SMILES string of the molecule is CCn1c(CN)nnc1-c1ccc(Br)c(F)c1. The van der Waals surface area contributed by atoms with E-state index in [9.17, 15) is 4.39 Å². The fourth-order valence-corrected chi connectivity index (χ4v) is 1.91. The van der Waals surface area contributed by atoms with Crippen LogP contribution in [0.25, 0.3) is 11.4 Å². The molecule has 1 aromatic carbocycles. The smallest absolute Gasteiger partial charge is 0.164 e. The Bertz CT molecular complexity index is 538. The lowest BCUT2D eigenvalue weighted by molar-refractivity contribution is 0.621. The van der Waals surface area contributed by atoms with Crippen LogP contribution in [0.5, 0.6) is 0 Å². The van der Waals surface area contributed by atoms with Crippen molar-refractivity contribution in [2.75, 3.05) is 0 Å². The number of hydrogen-bond acceptors (Lipinski definition) is 3. The van der Waals surface area contributed by atoms with E-state index in [1.54, 1.807) is 12.1 Å². The maximum Gasteiger partial charge on any atom is 0.164 e. The molecule has 0 amide bonds. The summed E-state index contributed by atoms with van der Waals surface area (Å²) in [7, 11) is 0. The van der Waals surface area contributed by atoms with Crippen LogP contribution in [0.15, 0.2) is 22.7 Å². The van der Waals surface area contributed by atoms with E-state index < -0.39 is 0 Å². The highest BCUT2D eigenvalue weighted by atomic mass is 79.9. The van der Waals surface area contributed by atoms with Crippen molar-refractivity contribution in [3.8, 4) is 11.4 Å². The summed E-state index contributed by atoms with van der Waals surface area (Å²) in [5.41, 5.74) is 6.26. The highest BCUT2D eigenvalue weighted by Gasteiger charge is 2.12. The molecule has 6 heteroatoms. The third-order valence-corrected chi connectivity index (χ3v) is 3.15. The topological polar surface area (TPSA) is 56.7 Å². The van der Waals surface area contributed by atoms with Crippen LogP contribution < -0.4 is 5.73 Å². The molecule has 1 aromatic heterocycles. The molecule has 0 fully saturated rings. The highest BCUT2D eigenvalue weighted by molar-refractivity contribution is 9.10. The molecule has 0 spiro atoms. The number of nitrogens with two attached hydrogens (primary N) is 1. The zero-order chi connectivity index (χ0) is 12.4. The van der Waals surface area contributed by atoms with Crippen LogP contribution >= 0.6 is 15.9 Å². The molecule has 0 aliphatic heterocycles. The van der Waals surface area contributed by atoms with Gasteiger partial charge in [-0.3, -0.25) is 0 Å². The molecule has 2 rings (SSSR count). The minimum atomic E-state index is -0.317. The van der Waals surface area contributed by atoms with Crippen LogP contribution in [-0.4, -0.2) is 14.8 Å². The Hall–Kier alpha value is -1.27. The minimum Gasteiger partial charge on any atom is -0.324 e. The summed E-state index contributed by atoms with van der Waals surface area (Å²) in [5.74, 6) is 1.02. The molecule has 0 saturated carbocycles. The van der Waals surface area contributed by atoms with Crippen LogP contribution in [-0.2, 0) is 13.1 Å². The summed E-state index contributed by atoms with van der Waals surface area (Å²) >= 11 is 3.12. The van der Waals surface area contributed by atoms with E-state index in [0.29, 0.717) is 34.8 Å². The lowest BCUT2D eigenvalue weighted by atomic mass is 10.2. The molecule has 0 unspecified atom stereocenters. The van der Waals surface area contributed by atoms with Crippen LogP contribution in [0.2, 0.25) is 0 Å². The van der Waals surface area contributed by atoms with E-state index in [2.05, 4.69) is 26.1 Å². The molecule has 2 N–H and O–H groups in total. The van der Waals surface area contributed by atoms with Gasteiger partial charge in [-0.25, -0.2) is 4.39 Å². The first-order valence-electron chi connectivity index (χ1n) is 5.25. The quantitative estimate of drug-likeness (QED) is 0.946. The summed E-state index contributed by atoms with van der Waals surface area (Å²) in [4.78, 5) is 0. The van der Waals surface area contributed by atoms with Gasteiger partial charge >= 0.3 is 0 Å². The van der Waals surface area contributed by atoms with Crippen LogP contribution in [0.3, 0.4) is 0 Å². The molecule has 17 heavy (non-hydrogen) atoms. The predicted molar refractivity (Wildman–Crippen MR) is 66.7 cm³/mol. The third kappa shape index (κ3) is 2.23. The predicted octanol–water partition coefficient (Wildman–Crippen LogP) is 2.33. The van der Waals surface area contributed by atoms with E-state index in [4.69, 9.17) is 5.73 Å². The Balaban J connectivity index is 2.52. The lowest BCUT2D eigenvalue weighted by Gasteiger charge is -2.06. The fourth-order valence-electron chi connectivity index (χ4n) is 1.67. The molecule has 0 aliphatic rings. The summed E-state index contributed by atoms with van der Waals surface area (Å²) in [6.45, 7) is 2.99. The number of nitrogens with zero attached hydrogens (tertiary/aromatic N) is 3. The van der Waals surface area contributed by atoms with Crippen molar-refractivity contribution in [3.63, 3.8) is 0 Å². The Labute approximate surface area is 107 Å². The van der Waals surface area contributed by atoms with Crippen molar-refractivity contribution in [2.45, 2.75) is 20.0 Å². The van der Waals surface area contributed by atoms with Crippen molar-refractivity contribution < 1.29 is 4.39 Å². The number of aromatic nitrogens is 3. The van der Waals surface area contributed by atoms with Crippen LogP contribution in [0.4, 0.5) is 4.39 Å². The van der Waals surface area contributed by atoms with Gasteiger partial charge < -0.3 is 10.3 Å². The average molecular weight is 299 g/mol. The van der Waals surface area contributed by atoms with E-state index in [0.717, 1.165) is 0 Å². The summed E-state index contributed by atoms with van der Waals surface area (Å²) in [6, 6.07) is 4.88. The second-order valence-corrected chi connectivity index (χ2v) is 4.37. The maximum atomic E-state index is 13.5. The van der Waals surface area contributed by atoms with Crippen molar-refractivity contribution in [3.05, 3.63) is 34.3 Å². The summed E-state index contributed by atoms with van der Waals surface area (Å²) in [6.07, 6.45) is 0. The average Bonchev–Trinajstić information content (AvgIpc) is 2.75. The fraction of sp³-hybridized carbons (Fsp3) is 0.273. The lowest BCUT2D eigenvalue weighted by Crippen LogP contribution is -2.08. The zero-order valence-electron chi connectivity index (χ0n) is 9.32. The molecule has 1 heterocycles. The van der Waals surface area contributed by atoms with Gasteiger partial charge in [0.1, 0.15) is 11.6 Å². The highest BCUT2D eigenvalue weighted by Crippen LogP contribution is 2.23. The normalized spacial score (nSPS) is 10.8. The number of benzene rings is 1. The Kier molecular flexibility index (Phi) is 3.54. The van der Waals surface area contributed by atoms with Gasteiger partial charge in [0.15, 0.2) is 5.82 Å². The molecule has 4 nitrogen and oxygen atoms in total. The summed E-state index contributed by atoms with van der Waals surface area (Å²) < 4.78 is 15.8. The van der Waals surface area contributed by atoms with Gasteiger partial charge in [0.2, 0.25) is 0 Å². The molecule has 2 aromatic rings. The first-order chi connectivity index (χ1) is 8.17. The zero-order valence-corrected chi connectivity index (χ0v) is 10.9. The molecule has 0 atom stereocenters. The Morgan fingerprint density at radius 1 is 1.41 bits per heavy atom. The van der Waals surface area contributed by atoms with Gasteiger partial charge in [-0.05, 0) is 41.1 Å². The molecule has 0 aliphatic carbocycles. The number of rotatable bonds is 3. The minimum absolute atomic E-state index is 0.317. The summed E-state index contributed by atoms with van der Waals surface area (Å²) in [5, 5.41) is 8.04. The van der Waals surface area contributed by atoms with Gasteiger partial charge in [0.25, 0.3) is 0 Å². The van der Waals surface area contributed by atoms with Crippen LogP contribution in [0.1, 0.15) is 12.7 Å². The monoisotopic (exact) mass is 298 g/mol. The van der Waals surface area contributed by atoms with Crippen molar-refractivity contribution >= 4 is 15.9 Å². The van der Waals surface area contributed by atoms with Crippen molar-refractivity contribution in [1.29, 1.82) is 0 Å². The maximum absolute atomic E-state index is 13.5. The second-order valence-electron chi connectivity index (χ2n) is 3.52. The van der Waals surface area contributed by atoms with Gasteiger partial charge in [0.05, 0.1) is 11.0 Å². The van der Waals surface area contributed by atoms with E-state index in [1.165, 1.54) is 6.07 Å². The van der Waals surface area contributed by atoms with Crippen LogP contribution in [0, 0.1) is 5.82 Å². The third-order valence-electron chi connectivity index (χ3n) is 2.50. The Morgan fingerprint density at radius 3 is 2.76 bits per heavy atom. The van der Waals surface area contributed by atoms with E-state index in [-0.39, 0.29) is 5.82 Å². The largest absolute Gasteiger partial charge is 0.324 e. The van der Waals surface area contributed by atoms with Gasteiger partial charge in [-0.2, -0.15) is 0 Å². The first kappa shape index (κ1) is 12.2. The van der Waals surface area contributed by atoms with E-state index in [1.807, 2.05) is 11.5 Å². The van der Waals surface area contributed by atoms with E-state index >= 15 is 0 Å². The first-order valence-corrected chi connectivity index (χ1v) is 6.04. The number of halogens is 2. The van der Waals surface area contributed by atoms with Crippen molar-refractivity contribution in [2.24, 2.45) is 5.73 Å². The standard InChI is InChI=1S/C11H12BrFN4/c1-2-17-10(6-14)15-16-11(17)7-3-4-8(12)9(13)5-7/h3-5H,2,6,14H2,1H3. The molecule has 0 radical (unpaired) electrons.